The van der Waals surface area contributed by atoms with Crippen molar-refractivity contribution in [2.24, 2.45) is 7.05 Å². The van der Waals surface area contributed by atoms with Crippen molar-refractivity contribution in [1.82, 2.24) is 34.7 Å². The first-order valence-electron chi connectivity index (χ1n) is 12.6. The Labute approximate surface area is 219 Å². The van der Waals surface area contributed by atoms with E-state index < -0.39 is 11.7 Å². The third kappa shape index (κ3) is 5.24. The number of fused-ring (bicyclic) bond motifs is 1. The van der Waals surface area contributed by atoms with Crippen LogP contribution in [0.4, 0.5) is 10.6 Å². The SMILES string of the molecule is CN(C(=O)OC(C)(C)C)c1cc2c(cn1)c(-c1cn[nH]c1)nn2[C@H]1CC[C@@H](Oc2ccc(=O)n(C)n2)CC1. The van der Waals surface area contributed by atoms with Gasteiger partial charge >= 0.3 is 6.09 Å². The van der Waals surface area contributed by atoms with E-state index in [1.165, 1.54) is 15.6 Å². The third-order valence-electron chi connectivity index (χ3n) is 6.57. The van der Waals surface area contributed by atoms with Crippen LogP contribution in [0, 0.1) is 0 Å². The van der Waals surface area contributed by atoms with E-state index in [1.54, 1.807) is 38.8 Å². The van der Waals surface area contributed by atoms with Crippen molar-refractivity contribution in [1.29, 1.82) is 0 Å². The highest BCUT2D eigenvalue weighted by molar-refractivity contribution is 5.95. The fourth-order valence-electron chi connectivity index (χ4n) is 4.62. The molecule has 0 saturated heterocycles. The Morgan fingerprint density at radius 1 is 1.13 bits per heavy atom. The molecule has 4 heterocycles. The molecule has 0 aromatic carbocycles. The monoisotopic (exact) mass is 520 g/mol. The standard InChI is InChI=1S/C26H32N8O4/c1-26(2,3)38-25(36)32(4)21-12-20-19(15-27-21)24(16-13-28-29-14-16)31-34(20)17-6-8-18(9-7-17)37-22-10-11-23(35)33(5)30-22/h10-15,17-18H,6-9H2,1-5H3,(H,28,29)/t17-,18+. The molecule has 1 amide bonds. The van der Waals surface area contributed by atoms with E-state index in [0.717, 1.165) is 47.8 Å². The van der Waals surface area contributed by atoms with E-state index in [4.69, 9.17) is 14.6 Å². The molecule has 1 fully saturated rings. The van der Waals surface area contributed by atoms with Crippen LogP contribution in [0.3, 0.4) is 0 Å². The summed E-state index contributed by atoms with van der Waals surface area (Å²) < 4.78 is 14.9. The second-order valence-electron chi connectivity index (χ2n) is 10.6. The molecule has 1 aliphatic carbocycles. The van der Waals surface area contributed by atoms with Gasteiger partial charge in [0.15, 0.2) is 0 Å². The molecule has 38 heavy (non-hydrogen) atoms. The van der Waals surface area contributed by atoms with Crippen molar-refractivity contribution in [3.8, 4) is 17.1 Å². The predicted octanol–water partition coefficient (Wildman–Crippen LogP) is 3.85. The predicted molar refractivity (Wildman–Crippen MR) is 141 cm³/mol. The highest BCUT2D eigenvalue weighted by atomic mass is 16.6. The number of nitrogens with zero attached hydrogens (tertiary/aromatic N) is 7. The maximum absolute atomic E-state index is 12.7. The summed E-state index contributed by atoms with van der Waals surface area (Å²) in [5, 5.41) is 17.0. The minimum Gasteiger partial charge on any atom is -0.473 e. The number of hydrogen-bond donors (Lipinski definition) is 1. The number of carbonyl (C=O) groups excluding carboxylic acids is 1. The maximum Gasteiger partial charge on any atom is 0.415 e. The van der Waals surface area contributed by atoms with Crippen molar-refractivity contribution < 1.29 is 14.3 Å². The number of aryl methyl sites for hydroxylation is 1. The summed E-state index contributed by atoms with van der Waals surface area (Å²) in [6.45, 7) is 5.49. The molecule has 1 aliphatic rings. The van der Waals surface area contributed by atoms with Gasteiger partial charge in [-0.2, -0.15) is 10.2 Å². The van der Waals surface area contributed by atoms with Crippen LogP contribution in [0.15, 0.2) is 41.6 Å². The molecule has 200 valence electrons. The van der Waals surface area contributed by atoms with Gasteiger partial charge in [-0.05, 0) is 46.5 Å². The number of H-pyrrole nitrogens is 1. The number of anilines is 1. The van der Waals surface area contributed by atoms with Crippen molar-refractivity contribution in [2.45, 2.75) is 64.2 Å². The van der Waals surface area contributed by atoms with Crippen LogP contribution in [-0.2, 0) is 11.8 Å². The first-order valence-corrected chi connectivity index (χ1v) is 12.6. The molecule has 1 saturated carbocycles. The highest BCUT2D eigenvalue weighted by Crippen LogP contribution is 2.36. The molecule has 5 rings (SSSR count). The second kappa shape index (κ2) is 9.92. The van der Waals surface area contributed by atoms with Gasteiger partial charge in [0, 0.05) is 55.6 Å². The van der Waals surface area contributed by atoms with Gasteiger partial charge in [-0.15, -0.1) is 5.10 Å². The summed E-state index contributed by atoms with van der Waals surface area (Å²) in [6.07, 6.45) is 8.13. The van der Waals surface area contributed by atoms with Gasteiger partial charge in [0.2, 0.25) is 5.88 Å². The molecule has 0 spiro atoms. The van der Waals surface area contributed by atoms with E-state index in [0.29, 0.717) is 11.7 Å². The van der Waals surface area contributed by atoms with E-state index >= 15 is 0 Å². The molecule has 12 nitrogen and oxygen atoms in total. The van der Waals surface area contributed by atoms with E-state index in [9.17, 15) is 9.59 Å². The highest BCUT2D eigenvalue weighted by Gasteiger charge is 2.28. The van der Waals surface area contributed by atoms with E-state index in [-0.39, 0.29) is 17.7 Å². The Bertz CT molecular complexity index is 1490. The second-order valence-corrected chi connectivity index (χ2v) is 10.6. The van der Waals surface area contributed by atoms with Crippen LogP contribution >= 0.6 is 0 Å². The van der Waals surface area contributed by atoms with Crippen LogP contribution in [-0.4, -0.2) is 59.6 Å². The molecule has 0 bridgehead atoms. The molecular weight excluding hydrogens is 488 g/mol. The van der Waals surface area contributed by atoms with Crippen molar-refractivity contribution in [2.75, 3.05) is 11.9 Å². The Morgan fingerprint density at radius 3 is 2.55 bits per heavy atom. The molecule has 0 radical (unpaired) electrons. The lowest BCUT2D eigenvalue weighted by atomic mass is 9.93. The number of aromatic amines is 1. The lowest BCUT2D eigenvalue weighted by molar-refractivity contribution is 0.0588. The number of nitrogens with one attached hydrogen (secondary N) is 1. The Kier molecular flexibility index (Phi) is 6.64. The van der Waals surface area contributed by atoms with Crippen LogP contribution in [0.5, 0.6) is 5.88 Å². The fourth-order valence-corrected chi connectivity index (χ4v) is 4.62. The van der Waals surface area contributed by atoms with Crippen molar-refractivity contribution >= 4 is 22.8 Å². The number of rotatable bonds is 5. The fraction of sp³-hybridized carbons (Fsp3) is 0.462. The zero-order valence-electron chi connectivity index (χ0n) is 22.2. The number of amides is 1. The van der Waals surface area contributed by atoms with E-state index in [2.05, 4.69) is 20.3 Å². The van der Waals surface area contributed by atoms with Gasteiger partial charge in [-0.25, -0.2) is 14.5 Å². The van der Waals surface area contributed by atoms with Gasteiger partial charge in [0.05, 0.1) is 17.8 Å². The maximum atomic E-state index is 12.7. The topological polar surface area (TPSA) is 133 Å². The summed E-state index contributed by atoms with van der Waals surface area (Å²) in [7, 11) is 3.26. The lowest BCUT2D eigenvalue weighted by Gasteiger charge is -2.29. The summed E-state index contributed by atoms with van der Waals surface area (Å²) in [5.74, 6) is 0.924. The average molecular weight is 521 g/mol. The smallest absolute Gasteiger partial charge is 0.415 e. The molecule has 4 aromatic rings. The largest absolute Gasteiger partial charge is 0.473 e. The normalized spacial score (nSPS) is 17.9. The van der Waals surface area contributed by atoms with Crippen molar-refractivity contribution in [3.63, 3.8) is 0 Å². The zero-order chi connectivity index (χ0) is 27.0. The lowest BCUT2D eigenvalue weighted by Crippen LogP contribution is -2.34. The van der Waals surface area contributed by atoms with Gasteiger partial charge in [-0.1, -0.05) is 0 Å². The average Bonchev–Trinajstić information content (AvgIpc) is 3.53. The molecule has 0 aliphatic heterocycles. The first kappa shape index (κ1) is 25.4. The Morgan fingerprint density at radius 2 is 1.89 bits per heavy atom. The Balaban J connectivity index is 1.41. The molecule has 0 unspecified atom stereocenters. The van der Waals surface area contributed by atoms with Gasteiger partial charge < -0.3 is 9.47 Å². The third-order valence-corrected chi connectivity index (χ3v) is 6.57. The van der Waals surface area contributed by atoms with E-state index in [1.807, 2.05) is 31.5 Å². The summed E-state index contributed by atoms with van der Waals surface area (Å²) in [4.78, 5) is 30.3. The first-order chi connectivity index (χ1) is 18.1. The summed E-state index contributed by atoms with van der Waals surface area (Å²) in [5.41, 5.74) is 1.73. The number of carbonyl (C=O) groups is 1. The van der Waals surface area contributed by atoms with Crippen LogP contribution in [0.2, 0.25) is 0 Å². The van der Waals surface area contributed by atoms with Crippen molar-refractivity contribution in [3.05, 3.63) is 47.1 Å². The minimum absolute atomic E-state index is 0.00181. The number of pyridine rings is 1. The van der Waals surface area contributed by atoms with Gasteiger partial charge in [-0.3, -0.25) is 19.5 Å². The Hall–Kier alpha value is -4.22. The quantitative estimate of drug-likeness (QED) is 0.420. The summed E-state index contributed by atoms with van der Waals surface area (Å²) in [6, 6.07) is 5.09. The van der Waals surface area contributed by atoms with Crippen LogP contribution in [0.25, 0.3) is 22.2 Å². The minimum atomic E-state index is -0.615. The number of ether oxygens (including phenoxy) is 2. The zero-order valence-corrected chi connectivity index (χ0v) is 22.2. The number of aromatic nitrogens is 7. The molecule has 0 atom stereocenters. The molecule has 1 N–H and O–H groups in total. The number of hydrogen-bond acceptors (Lipinski definition) is 8. The van der Waals surface area contributed by atoms with Crippen LogP contribution < -0.4 is 15.2 Å². The molecule has 4 aromatic heterocycles. The summed E-state index contributed by atoms with van der Waals surface area (Å²) >= 11 is 0. The molecular formula is C26H32N8O4. The van der Waals surface area contributed by atoms with Gasteiger partial charge in [0.1, 0.15) is 23.2 Å². The van der Waals surface area contributed by atoms with Crippen LogP contribution in [0.1, 0.15) is 52.5 Å². The molecule has 12 heteroatoms. The van der Waals surface area contributed by atoms with Gasteiger partial charge in [0.25, 0.3) is 5.56 Å².